The van der Waals surface area contributed by atoms with Gasteiger partial charge in [-0.25, -0.2) is 0 Å². The molecule has 1 aliphatic rings. The summed E-state index contributed by atoms with van der Waals surface area (Å²) in [5.74, 6) is -0.759. The van der Waals surface area contributed by atoms with E-state index in [1.54, 1.807) is 11.0 Å². The van der Waals surface area contributed by atoms with Gasteiger partial charge in [-0.15, -0.1) is 0 Å². The highest BCUT2D eigenvalue weighted by molar-refractivity contribution is 6.46. The van der Waals surface area contributed by atoms with Crippen molar-refractivity contribution in [1.82, 2.24) is 9.80 Å². The van der Waals surface area contributed by atoms with Gasteiger partial charge >= 0.3 is 0 Å². The molecule has 0 bridgehead atoms. The molecule has 1 heterocycles. The predicted molar refractivity (Wildman–Crippen MR) is 121 cm³/mol. The lowest BCUT2D eigenvalue weighted by Crippen LogP contribution is -2.35. The van der Waals surface area contributed by atoms with Crippen LogP contribution in [0.4, 0.5) is 0 Å². The van der Waals surface area contributed by atoms with Gasteiger partial charge in [-0.05, 0) is 69.8 Å². The Balaban J connectivity index is 2.16. The smallest absolute Gasteiger partial charge is 0.295 e. The maximum absolute atomic E-state index is 13.1. The van der Waals surface area contributed by atoms with Crippen molar-refractivity contribution in [3.8, 4) is 5.75 Å². The molecule has 1 aliphatic heterocycles. The summed E-state index contributed by atoms with van der Waals surface area (Å²) in [5.41, 5.74) is 3.46. The Morgan fingerprint density at radius 3 is 2.48 bits per heavy atom. The number of hydrogen-bond donors (Lipinski definition) is 1. The van der Waals surface area contributed by atoms with Gasteiger partial charge in [-0.1, -0.05) is 24.3 Å². The minimum absolute atomic E-state index is 0.112. The maximum Gasteiger partial charge on any atom is 0.295 e. The van der Waals surface area contributed by atoms with E-state index in [9.17, 15) is 14.7 Å². The first-order valence-corrected chi connectivity index (χ1v) is 10.5. The number of carbonyl (C=O) groups excluding carboxylic acids is 2. The number of likely N-dealkylation sites (N-methyl/N-ethyl adjacent to an activating group) is 1. The zero-order valence-electron chi connectivity index (χ0n) is 18.8. The molecule has 0 spiro atoms. The average molecular weight is 423 g/mol. The number of Topliss-reactive ketones (excluding diaryl/α,β-unsaturated/α-hetero) is 1. The fraction of sp³-hybridized carbons (Fsp3) is 0.360. The largest absolute Gasteiger partial charge is 0.507 e. The third kappa shape index (κ3) is 4.64. The van der Waals surface area contributed by atoms with Crippen molar-refractivity contribution in [1.29, 1.82) is 0 Å². The van der Waals surface area contributed by atoms with Crippen molar-refractivity contribution in [2.24, 2.45) is 0 Å². The number of benzene rings is 2. The summed E-state index contributed by atoms with van der Waals surface area (Å²) in [7, 11) is 3.83. The molecule has 0 aliphatic carbocycles. The quantitative estimate of drug-likeness (QED) is 0.419. The number of aryl methyl sites for hydroxylation is 2. The van der Waals surface area contributed by atoms with E-state index in [4.69, 9.17) is 4.74 Å². The van der Waals surface area contributed by atoms with E-state index < -0.39 is 17.7 Å². The number of nitrogens with zero attached hydrogens (tertiary/aromatic N) is 2. The van der Waals surface area contributed by atoms with E-state index in [0.29, 0.717) is 31.0 Å². The molecule has 0 saturated carbocycles. The number of hydrogen-bond acceptors (Lipinski definition) is 5. The van der Waals surface area contributed by atoms with Crippen LogP contribution >= 0.6 is 0 Å². The maximum atomic E-state index is 13.1. The summed E-state index contributed by atoms with van der Waals surface area (Å²) < 4.78 is 5.63. The zero-order chi connectivity index (χ0) is 22.7. The number of aliphatic hydroxyl groups is 1. The first kappa shape index (κ1) is 22.6. The number of carbonyl (C=O) groups is 2. The Bertz CT molecular complexity index is 1030. The van der Waals surface area contributed by atoms with Gasteiger partial charge in [0.1, 0.15) is 11.5 Å². The molecule has 3 rings (SSSR count). The molecule has 1 N–H and O–H groups in total. The summed E-state index contributed by atoms with van der Waals surface area (Å²) in [6.07, 6.45) is 0. The number of amides is 1. The molecule has 1 saturated heterocycles. The van der Waals surface area contributed by atoms with Crippen molar-refractivity contribution in [3.05, 3.63) is 70.3 Å². The predicted octanol–water partition coefficient (Wildman–Crippen LogP) is 3.69. The summed E-state index contributed by atoms with van der Waals surface area (Å²) in [6, 6.07) is 12.2. The lowest BCUT2D eigenvalue weighted by atomic mass is 9.94. The zero-order valence-corrected chi connectivity index (χ0v) is 18.8. The molecule has 1 amide bonds. The van der Waals surface area contributed by atoms with Crippen molar-refractivity contribution in [2.75, 3.05) is 33.8 Å². The Kier molecular flexibility index (Phi) is 6.81. The van der Waals surface area contributed by atoms with Gasteiger partial charge in [0.2, 0.25) is 0 Å². The fourth-order valence-corrected chi connectivity index (χ4v) is 3.75. The second-order valence-corrected chi connectivity index (χ2v) is 8.10. The molecule has 6 heteroatoms. The van der Waals surface area contributed by atoms with E-state index in [1.807, 2.05) is 76.2 Å². The van der Waals surface area contributed by atoms with E-state index in [1.165, 1.54) is 0 Å². The molecule has 164 valence electrons. The number of likely N-dealkylation sites (tertiary alicyclic amines) is 1. The SMILES string of the molecule is CCOc1cccc(C2/C(=C(/O)c3ccc(C)c(C)c3)C(=O)C(=O)N2CCN(C)C)c1. The van der Waals surface area contributed by atoms with Crippen LogP contribution in [0, 0.1) is 13.8 Å². The Morgan fingerprint density at radius 2 is 1.84 bits per heavy atom. The second-order valence-electron chi connectivity index (χ2n) is 8.10. The van der Waals surface area contributed by atoms with Crippen LogP contribution in [0.5, 0.6) is 5.75 Å². The number of ether oxygens (including phenoxy) is 1. The van der Waals surface area contributed by atoms with Gasteiger partial charge in [0.05, 0.1) is 18.2 Å². The van der Waals surface area contributed by atoms with E-state index in [0.717, 1.165) is 16.7 Å². The highest BCUT2D eigenvalue weighted by Gasteiger charge is 2.46. The van der Waals surface area contributed by atoms with E-state index >= 15 is 0 Å². The highest BCUT2D eigenvalue weighted by atomic mass is 16.5. The topological polar surface area (TPSA) is 70.1 Å². The second kappa shape index (κ2) is 9.35. The molecule has 0 aromatic heterocycles. The van der Waals surface area contributed by atoms with Crippen LogP contribution in [0.25, 0.3) is 5.76 Å². The molecule has 31 heavy (non-hydrogen) atoms. The summed E-state index contributed by atoms with van der Waals surface area (Å²) in [5, 5.41) is 11.2. The van der Waals surface area contributed by atoms with E-state index in [-0.39, 0.29) is 11.3 Å². The molecule has 1 atom stereocenters. The number of aliphatic hydroxyl groups excluding tert-OH is 1. The van der Waals surface area contributed by atoms with Crippen LogP contribution < -0.4 is 4.74 Å². The molecule has 0 radical (unpaired) electrons. The lowest BCUT2D eigenvalue weighted by molar-refractivity contribution is -0.140. The molecular weight excluding hydrogens is 392 g/mol. The Labute approximate surface area is 183 Å². The average Bonchev–Trinajstić information content (AvgIpc) is 2.99. The van der Waals surface area contributed by atoms with Crippen LogP contribution in [0.1, 0.15) is 35.2 Å². The standard InChI is InChI=1S/C25H30N2O4/c1-6-31-20-9-7-8-18(15-20)22-21(23(28)19-11-10-16(2)17(3)14-19)24(29)25(30)27(22)13-12-26(4)5/h7-11,14-15,22,28H,6,12-13H2,1-5H3/b23-21-. The van der Waals surface area contributed by atoms with Crippen molar-refractivity contribution >= 4 is 17.4 Å². The molecule has 1 fully saturated rings. The first-order valence-electron chi connectivity index (χ1n) is 10.5. The number of ketones is 1. The third-order valence-electron chi connectivity index (χ3n) is 5.59. The van der Waals surface area contributed by atoms with Gasteiger partial charge < -0.3 is 19.6 Å². The van der Waals surface area contributed by atoms with Gasteiger partial charge in [-0.3, -0.25) is 9.59 Å². The summed E-state index contributed by atoms with van der Waals surface area (Å²) in [4.78, 5) is 29.5. The molecule has 1 unspecified atom stereocenters. The van der Waals surface area contributed by atoms with Crippen molar-refractivity contribution < 1.29 is 19.4 Å². The van der Waals surface area contributed by atoms with Gasteiger partial charge in [0.15, 0.2) is 0 Å². The van der Waals surface area contributed by atoms with Crippen LogP contribution in [0.2, 0.25) is 0 Å². The fourth-order valence-electron chi connectivity index (χ4n) is 3.75. The normalized spacial score (nSPS) is 18.1. The van der Waals surface area contributed by atoms with E-state index in [2.05, 4.69) is 0 Å². The minimum atomic E-state index is -0.679. The van der Waals surface area contributed by atoms with Gasteiger partial charge in [-0.2, -0.15) is 0 Å². The van der Waals surface area contributed by atoms with Crippen LogP contribution in [0.3, 0.4) is 0 Å². The molecule has 6 nitrogen and oxygen atoms in total. The third-order valence-corrected chi connectivity index (χ3v) is 5.59. The van der Waals surface area contributed by atoms with Crippen LogP contribution in [-0.2, 0) is 9.59 Å². The summed E-state index contributed by atoms with van der Waals surface area (Å²) in [6.45, 7) is 7.30. The monoisotopic (exact) mass is 422 g/mol. The Morgan fingerprint density at radius 1 is 1.10 bits per heavy atom. The molecular formula is C25H30N2O4. The molecule has 2 aromatic carbocycles. The first-order chi connectivity index (χ1) is 14.7. The minimum Gasteiger partial charge on any atom is -0.507 e. The summed E-state index contributed by atoms with van der Waals surface area (Å²) >= 11 is 0. The van der Waals surface area contributed by atoms with Gasteiger partial charge in [0, 0.05) is 18.7 Å². The Hall–Kier alpha value is -3.12. The van der Waals surface area contributed by atoms with Crippen molar-refractivity contribution in [2.45, 2.75) is 26.8 Å². The van der Waals surface area contributed by atoms with Gasteiger partial charge in [0.25, 0.3) is 11.7 Å². The van der Waals surface area contributed by atoms with Crippen LogP contribution in [0.15, 0.2) is 48.0 Å². The van der Waals surface area contributed by atoms with Crippen molar-refractivity contribution in [3.63, 3.8) is 0 Å². The number of rotatable bonds is 7. The molecule has 2 aromatic rings. The van der Waals surface area contributed by atoms with Crippen LogP contribution in [-0.4, -0.2) is 60.4 Å². The highest BCUT2D eigenvalue weighted by Crippen LogP contribution is 2.40. The lowest BCUT2D eigenvalue weighted by Gasteiger charge is -2.27.